The smallest absolute Gasteiger partial charge is 0.387 e. The lowest BCUT2D eigenvalue weighted by molar-refractivity contribution is -0.0498. The monoisotopic (exact) mass is 312 g/mol. The summed E-state index contributed by atoms with van der Waals surface area (Å²) in [6.07, 6.45) is 0.151. The first-order valence-corrected chi connectivity index (χ1v) is 5.71. The molecule has 0 heterocycles. The Morgan fingerprint density at radius 3 is 2.75 bits per heavy atom. The van der Waals surface area contributed by atoms with Gasteiger partial charge in [-0.05, 0) is 18.2 Å². The van der Waals surface area contributed by atoms with Crippen LogP contribution in [0.15, 0.2) is 22.7 Å². The molecule has 88 valence electrons. The quantitative estimate of drug-likeness (QED) is 0.609. The number of carbonyl (C=O) groups is 1. The third kappa shape index (κ3) is 3.72. The van der Waals surface area contributed by atoms with Crippen molar-refractivity contribution in [2.75, 3.05) is 5.88 Å². The van der Waals surface area contributed by atoms with Gasteiger partial charge in [-0.25, -0.2) is 0 Å². The minimum atomic E-state index is -2.91. The van der Waals surface area contributed by atoms with E-state index in [0.717, 1.165) is 0 Å². The number of alkyl halides is 3. The van der Waals surface area contributed by atoms with Crippen LogP contribution in [0.3, 0.4) is 0 Å². The van der Waals surface area contributed by atoms with E-state index in [1.165, 1.54) is 18.2 Å². The number of carbonyl (C=O) groups excluding carboxylic acids is 1. The maximum atomic E-state index is 12.0. The zero-order chi connectivity index (χ0) is 12.1. The van der Waals surface area contributed by atoms with Crippen molar-refractivity contribution in [3.8, 4) is 5.75 Å². The number of hydrogen-bond donors (Lipinski definition) is 0. The molecule has 6 heteroatoms. The summed E-state index contributed by atoms with van der Waals surface area (Å²) in [6.45, 7) is -2.91. The molecule has 1 rings (SSSR count). The van der Waals surface area contributed by atoms with Gasteiger partial charge in [0.05, 0.1) is 0 Å². The van der Waals surface area contributed by atoms with Gasteiger partial charge < -0.3 is 4.74 Å². The standard InChI is InChI=1S/C10H8BrClF2O2/c11-8-2-1-6(16-10(13)14)5-7(8)9(15)3-4-12/h1-2,5,10H,3-4H2. The summed E-state index contributed by atoms with van der Waals surface area (Å²) in [4.78, 5) is 11.5. The Morgan fingerprint density at radius 2 is 2.19 bits per heavy atom. The molecule has 0 aliphatic heterocycles. The van der Waals surface area contributed by atoms with Crippen molar-refractivity contribution in [3.63, 3.8) is 0 Å². The van der Waals surface area contributed by atoms with Crippen LogP contribution in [-0.4, -0.2) is 18.3 Å². The number of rotatable bonds is 5. The summed E-state index contributed by atoms with van der Waals surface area (Å²) in [7, 11) is 0. The summed E-state index contributed by atoms with van der Waals surface area (Å²) in [5.74, 6) is -0.0803. The van der Waals surface area contributed by atoms with Crippen LogP contribution in [-0.2, 0) is 0 Å². The second-order valence-corrected chi connectivity index (χ2v) is 4.11. The summed E-state index contributed by atoms with van der Waals surface area (Å²) in [6, 6.07) is 4.11. The molecule has 0 radical (unpaired) electrons. The van der Waals surface area contributed by atoms with Gasteiger partial charge in [-0.1, -0.05) is 15.9 Å². The highest BCUT2D eigenvalue weighted by atomic mass is 79.9. The maximum Gasteiger partial charge on any atom is 0.387 e. The van der Waals surface area contributed by atoms with Gasteiger partial charge in [0.2, 0.25) is 0 Å². The van der Waals surface area contributed by atoms with Gasteiger partial charge in [-0.2, -0.15) is 8.78 Å². The molecule has 1 aromatic rings. The van der Waals surface area contributed by atoms with Gasteiger partial charge in [0.25, 0.3) is 0 Å². The minimum Gasteiger partial charge on any atom is -0.435 e. The largest absolute Gasteiger partial charge is 0.435 e. The molecule has 0 aliphatic rings. The average Bonchev–Trinajstić information content (AvgIpc) is 2.20. The molecule has 0 bridgehead atoms. The van der Waals surface area contributed by atoms with Crippen molar-refractivity contribution in [2.45, 2.75) is 13.0 Å². The van der Waals surface area contributed by atoms with Crippen molar-refractivity contribution in [1.29, 1.82) is 0 Å². The summed E-state index contributed by atoms with van der Waals surface area (Å²) >= 11 is 8.60. The molecule has 0 amide bonds. The highest BCUT2D eigenvalue weighted by Crippen LogP contribution is 2.25. The summed E-state index contributed by atoms with van der Waals surface area (Å²) in [5, 5.41) is 0. The molecule has 1 aromatic carbocycles. The number of halogens is 4. The lowest BCUT2D eigenvalue weighted by Crippen LogP contribution is -2.05. The van der Waals surface area contributed by atoms with Crippen molar-refractivity contribution < 1.29 is 18.3 Å². The molecule has 0 aliphatic carbocycles. The van der Waals surface area contributed by atoms with Crippen molar-refractivity contribution in [1.82, 2.24) is 0 Å². The van der Waals surface area contributed by atoms with Crippen molar-refractivity contribution in [2.24, 2.45) is 0 Å². The fraction of sp³-hybridized carbons (Fsp3) is 0.300. The molecule has 0 aromatic heterocycles. The van der Waals surface area contributed by atoms with Gasteiger partial charge in [-0.15, -0.1) is 11.6 Å². The number of benzene rings is 1. The van der Waals surface area contributed by atoms with E-state index in [-0.39, 0.29) is 23.8 Å². The number of hydrogen-bond acceptors (Lipinski definition) is 2. The Balaban J connectivity index is 2.94. The average molecular weight is 314 g/mol. The van der Waals surface area contributed by atoms with E-state index in [0.29, 0.717) is 10.0 Å². The van der Waals surface area contributed by atoms with E-state index in [1.54, 1.807) is 0 Å². The topological polar surface area (TPSA) is 26.3 Å². The van der Waals surface area contributed by atoms with Gasteiger partial charge in [-0.3, -0.25) is 4.79 Å². The Hall–Kier alpha value is -0.680. The zero-order valence-corrected chi connectivity index (χ0v) is 10.4. The molecule has 0 spiro atoms. The summed E-state index contributed by atoms with van der Waals surface area (Å²) < 4.78 is 28.7. The lowest BCUT2D eigenvalue weighted by atomic mass is 10.1. The normalized spacial score (nSPS) is 10.6. The van der Waals surface area contributed by atoms with E-state index in [1.807, 2.05) is 0 Å². The van der Waals surface area contributed by atoms with Crippen LogP contribution in [0.2, 0.25) is 0 Å². The highest BCUT2D eigenvalue weighted by Gasteiger charge is 2.12. The molecule has 0 atom stereocenters. The molecular weight excluding hydrogens is 305 g/mol. The van der Waals surface area contributed by atoms with E-state index in [4.69, 9.17) is 11.6 Å². The fourth-order valence-corrected chi connectivity index (χ4v) is 1.75. The fourth-order valence-electron chi connectivity index (χ4n) is 1.11. The first kappa shape index (κ1) is 13.4. The minimum absolute atomic E-state index is 0.0453. The molecule has 2 nitrogen and oxygen atoms in total. The Kier molecular flexibility index (Phi) is 5.15. The second-order valence-electron chi connectivity index (χ2n) is 2.88. The number of Topliss-reactive ketones (excluding diaryl/α,β-unsaturated/α-hetero) is 1. The lowest BCUT2D eigenvalue weighted by Gasteiger charge is -2.07. The van der Waals surface area contributed by atoms with Crippen LogP contribution in [0, 0.1) is 0 Å². The van der Waals surface area contributed by atoms with Gasteiger partial charge >= 0.3 is 6.61 Å². The van der Waals surface area contributed by atoms with Crippen molar-refractivity contribution >= 4 is 33.3 Å². The predicted octanol–water partition coefficient (Wildman–Crippen LogP) is 3.86. The Morgan fingerprint density at radius 1 is 1.50 bits per heavy atom. The molecule has 0 unspecified atom stereocenters. The molecular formula is C10H8BrClF2O2. The second kappa shape index (κ2) is 6.15. The molecule has 16 heavy (non-hydrogen) atoms. The van der Waals surface area contributed by atoms with Crippen LogP contribution in [0.1, 0.15) is 16.8 Å². The zero-order valence-electron chi connectivity index (χ0n) is 8.05. The maximum absolute atomic E-state index is 12.0. The van der Waals surface area contributed by atoms with Crippen LogP contribution in [0.4, 0.5) is 8.78 Å². The third-order valence-corrected chi connectivity index (χ3v) is 2.67. The Labute approximate surface area is 105 Å². The van der Waals surface area contributed by atoms with Crippen LogP contribution in [0.5, 0.6) is 5.75 Å². The number of ether oxygens (including phenoxy) is 1. The van der Waals surface area contributed by atoms with Crippen LogP contribution in [0.25, 0.3) is 0 Å². The first-order chi connectivity index (χ1) is 7.54. The predicted molar refractivity (Wildman–Crippen MR) is 60.4 cm³/mol. The third-order valence-electron chi connectivity index (χ3n) is 1.78. The van der Waals surface area contributed by atoms with E-state index < -0.39 is 6.61 Å². The van der Waals surface area contributed by atoms with Crippen LogP contribution < -0.4 is 4.74 Å². The van der Waals surface area contributed by atoms with E-state index in [2.05, 4.69) is 20.7 Å². The van der Waals surface area contributed by atoms with E-state index in [9.17, 15) is 13.6 Å². The molecule has 0 N–H and O–H groups in total. The number of ketones is 1. The van der Waals surface area contributed by atoms with E-state index >= 15 is 0 Å². The van der Waals surface area contributed by atoms with Gasteiger partial charge in [0.15, 0.2) is 5.78 Å². The van der Waals surface area contributed by atoms with Crippen molar-refractivity contribution in [3.05, 3.63) is 28.2 Å². The van der Waals surface area contributed by atoms with Crippen LogP contribution >= 0.6 is 27.5 Å². The summed E-state index contributed by atoms with van der Waals surface area (Å²) in [5.41, 5.74) is 0.291. The molecule has 0 fully saturated rings. The highest BCUT2D eigenvalue weighted by molar-refractivity contribution is 9.10. The molecule has 0 saturated heterocycles. The Bertz CT molecular complexity index is 385. The molecule has 0 saturated carbocycles. The van der Waals surface area contributed by atoms with Gasteiger partial charge in [0.1, 0.15) is 5.75 Å². The first-order valence-electron chi connectivity index (χ1n) is 4.38. The SMILES string of the molecule is O=C(CCCl)c1cc(OC(F)F)ccc1Br. The van der Waals surface area contributed by atoms with Gasteiger partial charge in [0, 0.05) is 22.3 Å².